The second kappa shape index (κ2) is 6.20. The maximum absolute atomic E-state index is 8.75. The summed E-state index contributed by atoms with van der Waals surface area (Å²) in [6.45, 7) is 0.367. The van der Waals surface area contributed by atoms with Crippen molar-refractivity contribution in [3.63, 3.8) is 0 Å². The molecule has 1 aromatic rings. The minimum absolute atomic E-state index is 0.203. The Morgan fingerprint density at radius 3 is 3.18 bits per heavy atom. The maximum Gasteiger partial charge on any atom is 0.214 e. The zero-order valence-electron chi connectivity index (χ0n) is 8.60. The zero-order chi connectivity index (χ0) is 12.1. The first-order valence-electron chi connectivity index (χ1n) is 4.65. The van der Waals surface area contributed by atoms with Gasteiger partial charge in [-0.3, -0.25) is 0 Å². The maximum atomic E-state index is 8.75. The zero-order valence-corrected chi connectivity index (χ0v) is 12.9. The fourth-order valence-electron chi connectivity index (χ4n) is 1.09. The van der Waals surface area contributed by atoms with E-state index in [4.69, 9.17) is 10.00 Å². The number of nitrogens with zero attached hydrogens (tertiary/aromatic N) is 3. The highest BCUT2D eigenvalue weighted by molar-refractivity contribution is 14.2. The summed E-state index contributed by atoms with van der Waals surface area (Å²) in [5.74, 6) is 0.583. The van der Waals surface area contributed by atoms with E-state index in [0.29, 0.717) is 18.2 Å². The van der Waals surface area contributed by atoms with Crippen LogP contribution < -0.4 is 4.74 Å². The fraction of sp³-hybridized carbons (Fsp3) is 0.0909. The molecule has 0 aromatic carbocycles. The van der Waals surface area contributed by atoms with E-state index in [0.717, 1.165) is 9.28 Å². The summed E-state index contributed by atoms with van der Waals surface area (Å²) in [6.07, 6.45) is 1.71. The van der Waals surface area contributed by atoms with Gasteiger partial charge in [0.1, 0.15) is 18.4 Å². The standard InChI is InChI=1S/C11H7I2N3O/c12-8-1-2-15-11(3-8)17-7-10-5-13-4-9(6-14)16-10/h1-5H,7H2. The van der Waals surface area contributed by atoms with Gasteiger partial charge in [0, 0.05) is 19.9 Å². The molecule has 0 radical (unpaired) electrons. The number of aliphatic imine (C=N–C) groups is 1. The first-order valence-corrected chi connectivity index (χ1v) is 8.22. The van der Waals surface area contributed by atoms with Crippen molar-refractivity contribution in [3.05, 3.63) is 31.7 Å². The molecule has 2 heterocycles. The first-order chi connectivity index (χ1) is 8.28. The van der Waals surface area contributed by atoms with Crippen molar-refractivity contribution in [2.45, 2.75) is 0 Å². The van der Waals surface area contributed by atoms with Gasteiger partial charge < -0.3 is 4.74 Å². The highest BCUT2D eigenvalue weighted by atomic mass is 127. The van der Waals surface area contributed by atoms with Crippen LogP contribution in [0.5, 0.6) is 5.88 Å². The quantitative estimate of drug-likeness (QED) is 0.665. The Morgan fingerprint density at radius 1 is 1.53 bits per heavy atom. The molecule has 0 aliphatic carbocycles. The third-order valence-electron chi connectivity index (χ3n) is 1.80. The Labute approximate surface area is 122 Å². The smallest absolute Gasteiger partial charge is 0.214 e. The summed E-state index contributed by atoms with van der Waals surface area (Å²) >= 11 is 2.00. The van der Waals surface area contributed by atoms with Crippen LogP contribution in [0, 0.1) is 14.9 Å². The Bertz CT molecular complexity index is 558. The molecule has 0 unspecified atom stereocenters. The molecule has 1 aliphatic rings. The van der Waals surface area contributed by atoms with Crippen molar-refractivity contribution < 1.29 is 4.74 Å². The van der Waals surface area contributed by atoms with Crippen LogP contribution in [0.4, 0.5) is 0 Å². The molecule has 17 heavy (non-hydrogen) atoms. The van der Waals surface area contributed by atoms with Crippen LogP contribution in [0.25, 0.3) is 0 Å². The Hall–Kier alpha value is -0.820. The van der Waals surface area contributed by atoms with Gasteiger partial charge in [0.2, 0.25) is 5.88 Å². The molecule has 0 fully saturated rings. The predicted octanol–water partition coefficient (Wildman–Crippen LogP) is 2.66. The summed E-state index contributed by atoms with van der Waals surface area (Å²) in [7, 11) is 0. The van der Waals surface area contributed by atoms with E-state index in [-0.39, 0.29) is 20.7 Å². The van der Waals surface area contributed by atoms with Crippen molar-refractivity contribution in [3.8, 4) is 11.9 Å². The molecule has 0 amide bonds. The van der Waals surface area contributed by atoms with E-state index in [9.17, 15) is 0 Å². The molecule has 0 spiro atoms. The van der Waals surface area contributed by atoms with Crippen molar-refractivity contribution in [1.82, 2.24) is 4.98 Å². The molecule has 6 heteroatoms. The molecular weight excluding hydrogens is 444 g/mol. The molecule has 4 nitrogen and oxygen atoms in total. The molecule has 0 saturated carbocycles. The molecule has 0 atom stereocenters. The summed E-state index contributed by atoms with van der Waals surface area (Å²) in [6, 6.07) is 5.81. The van der Waals surface area contributed by atoms with Gasteiger partial charge in [-0.05, 0) is 32.7 Å². The second-order valence-corrected chi connectivity index (χ2v) is 6.26. The van der Waals surface area contributed by atoms with E-state index in [2.05, 4.69) is 32.6 Å². The van der Waals surface area contributed by atoms with E-state index in [1.807, 2.05) is 26.3 Å². The molecular formula is C11H7I2N3O. The van der Waals surface area contributed by atoms with Gasteiger partial charge in [0.05, 0.1) is 5.71 Å². The highest BCUT2D eigenvalue weighted by Gasteiger charge is 2.04. The summed E-state index contributed by atoms with van der Waals surface area (Å²) in [5.41, 5.74) is 1.31. The number of ether oxygens (including phenoxy) is 1. The molecule has 1 aromatic heterocycles. The topological polar surface area (TPSA) is 58.3 Å². The Balaban J connectivity index is 2.01. The van der Waals surface area contributed by atoms with Crippen LogP contribution in [-0.4, -0.2) is 21.3 Å². The minimum atomic E-state index is -0.203. The highest BCUT2D eigenvalue weighted by Crippen LogP contribution is 2.13. The van der Waals surface area contributed by atoms with Crippen LogP contribution in [-0.2, 0) is 0 Å². The van der Waals surface area contributed by atoms with E-state index in [1.54, 1.807) is 6.20 Å². The third-order valence-corrected chi connectivity index (χ3v) is 4.50. The predicted molar refractivity (Wildman–Crippen MR) is 83.7 cm³/mol. The van der Waals surface area contributed by atoms with E-state index < -0.39 is 0 Å². The number of halogens is 2. The molecule has 0 bridgehead atoms. The van der Waals surface area contributed by atoms with E-state index in [1.165, 1.54) is 0 Å². The summed E-state index contributed by atoms with van der Waals surface area (Å²) in [4.78, 5) is 8.27. The largest absolute Gasteiger partial charge is 0.471 e. The minimum Gasteiger partial charge on any atom is -0.471 e. The van der Waals surface area contributed by atoms with Gasteiger partial charge in [0.15, 0.2) is 0 Å². The van der Waals surface area contributed by atoms with Gasteiger partial charge >= 0.3 is 0 Å². The van der Waals surface area contributed by atoms with Crippen molar-refractivity contribution in [1.29, 1.82) is 5.26 Å². The van der Waals surface area contributed by atoms with Gasteiger partial charge in [0.25, 0.3) is 0 Å². The number of hydrogen-bond acceptors (Lipinski definition) is 4. The van der Waals surface area contributed by atoms with Crippen LogP contribution in [0.15, 0.2) is 33.1 Å². The monoisotopic (exact) mass is 451 g/mol. The number of hydrogen-bond donors (Lipinski definition) is 0. The van der Waals surface area contributed by atoms with Gasteiger partial charge in [-0.15, -0.1) is 0 Å². The molecule has 1 aliphatic heterocycles. The summed E-state index contributed by atoms with van der Waals surface area (Å²) < 4.78 is 10.5. The van der Waals surface area contributed by atoms with Crippen LogP contribution in [0.2, 0.25) is 0 Å². The number of allylic oxidation sites excluding steroid dienone is 1. The summed E-state index contributed by atoms with van der Waals surface area (Å²) in [5, 5.41) is 8.75. The average molecular weight is 451 g/mol. The van der Waals surface area contributed by atoms with Gasteiger partial charge in [-0.1, -0.05) is 20.7 Å². The lowest BCUT2D eigenvalue weighted by Gasteiger charge is -2.06. The number of aromatic nitrogens is 1. The molecule has 86 valence electrons. The van der Waals surface area contributed by atoms with Crippen LogP contribution >= 0.6 is 43.3 Å². The fourth-order valence-corrected chi connectivity index (χ4v) is 3.05. The Kier molecular flexibility index (Phi) is 4.61. The average Bonchev–Trinajstić information content (AvgIpc) is 2.37. The lowest BCUT2D eigenvalue weighted by Crippen LogP contribution is -2.14. The van der Waals surface area contributed by atoms with Crippen molar-refractivity contribution >= 4 is 53.0 Å². The van der Waals surface area contributed by atoms with Crippen molar-refractivity contribution in [2.75, 3.05) is 6.61 Å². The third kappa shape index (κ3) is 3.85. The molecule has 2 rings (SSSR count). The Morgan fingerprint density at radius 2 is 2.41 bits per heavy atom. The van der Waals surface area contributed by atoms with Crippen LogP contribution in [0.1, 0.15) is 0 Å². The van der Waals surface area contributed by atoms with Crippen molar-refractivity contribution in [2.24, 2.45) is 4.99 Å². The van der Waals surface area contributed by atoms with Gasteiger partial charge in [-0.2, -0.15) is 5.26 Å². The number of pyridine rings is 1. The molecule has 0 saturated heterocycles. The molecule has 0 N–H and O–H groups in total. The lowest BCUT2D eigenvalue weighted by atomic mass is 10.4. The SMILES string of the molecule is N#CC1=CI=CC(COc2cc(I)ccn2)=N1. The van der Waals surface area contributed by atoms with E-state index >= 15 is 0 Å². The van der Waals surface area contributed by atoms with Gasteiger partial charge in [-0.25, -0.2) is 9.98 Å². The van der Waals surface area contributed by atoms with Crippen LogP contribution in [0.3, 0.4) is 0 Å². The second-order valence-electron chi connectivity index (χ2n) is 3.05. The lowest BCUT2D eigenvalue weighted by molar-refractivity contribution is 0.363. The first kappa shape index (κ1) is 12.6. The number of nitriles is 1. The normalized spacial score (nSPS) is 14.1. The number of rotatable bonds is 3.